The number of hydrogen-bond acceptors (Lipinski definition) is 2. The zero-order chi connectivity index (χ0) is 15.0. The lowest BCUT2D eigenvalue weighted by atomic mass is 9.87. The average molecular weight is 309 g/mol. The van der Waals surface area contributed by atoms with Gasteiger partial charge in [0.15, 0.2) is 4.77 Å². The molecule has 1 aromatic heterocycles. The van der Waals surface area contributed by atoms with Crippen LogP contribution in [0.5, 0.6) is 0 Å². The number of aromatic amines is 1. The molecule has 0 spiro atoms. The quantitative estimate of drug-likeness (QED) is 0.856. The summed E-state index contributed by atoms with van der Waals surface area (Å²) in [5.41, 5.74) is 8.05. The Morgan fingerprint density at radius 1 is 1.38 bits per heavy atom. The van der Waals surface area contributed by atoms with Crippen molar-refractivity contribution in [3.63, 3.8) is 0 Å². The SMILES string of the molecule is NCCc1c[nH]c(=S)n1[C@@H]1CCc2c(F)cc(F)cc2C1. The van der Waals surface area contributed by atoms with Gasteiger partial charge in [-0.05, 0) is 55.2 Å². The number of fused-ring (bicyclic) bond motifs is 1. The molecule has 112 valence electrons. The van der Waals surface area contributed by atoms with Crippen LogP contribution in [0.1, 0.15) is 29.3 Å². The Morgan fingerprint density at radius 2 is 2.19 bits per heavy atom. The Morgan fingerprint density at radius 3 is 2.95 bits per heavy atom. The Hall–Kier alpha value is -1.53. The van der Waals surface area contributed by atoms with Gasteiger partial charge in [0, 0.05) is 30.4 Å². The maximum absolute atomic E-state index is 13.8. The molecule has 1 aliphatic carbocycles. The fraction of sp³-hybridized carbons (Fsp3) is 0.400. The fourth-order valence-corrected chi connectivity index (χ4v) is 3.49. The number of H-pyrrole nitrogens is 1. The summed E-state index contributed by atoms with van der Waals surface area (Å²) in [6.45, 7) is 0.541. The Bertz CT molecular complexity index is 720. The number of hydrogen-bond donors (Lipinski definition) is 2. The van der Waals surface area contributed by atoms with Crippen LogP contribution in [0.4, 0.5) is 8.78 Å². The zero-order valence-electron chi connectivity index (χ0n) is 11.5. The average Bonchev–Trinajstić information content (AvgIpc) is 2.79. The lowest BCUT2D eigenvalue weighted by Crippen LogP contribution is -2.22. The minimum absolute atomic E-state index is 0.124. The van der Waals surface area contributed by atoms with E-state index < -0.39 is 11.6 Å². The topological polar surface area (TPSA) is 46.7 Å². The van der Waals surface area contributed by atoms with Crippen molar-refractivity contribution < 1.29 is 8.78 Å². The Balaban J connectivity index is 1.97. The smallest absolute Gasteiger partial charge is 0.177 e. The van der Waals surface area contributed by atoms with Gasteiger partial charge in [-0.3, -0.25) is 0 Å². The zero-order valence-corrected chi connectivity index (χ0v) is 12.4. The summed E-state index contributed by atoms with van der Waals surface area (Å²) in [7, 11) is 0. The highest BCUT2D eigenvalue weighted by atomic mass is 32.1. The van der Waals surface area contributed by atoms with Crippen molar-refractivity contribution in [1.82, 2.24) is 9.55 Å². The van der Waals surface area contributed by atoms with Gasteiger partial charge in [-0.15, -0.1) is 0 Å². The van der Waals surface area contributed by atoms with E-state index in [0.717, 1.165) is 30.2 Å². The standard InChI is InChI=1S/C15H17F2N3S/c16-10-5-9-6-11(1-2-13(9)14(17)7-10)20-12(3-4-18)8-19-15(20)21/h5,7-8,11H,1-4,6,18H2,(H,19,21)/t11-/m1/s1. The van der Waals surface area contributed by atoms with Crippen molar-refractivity contribution >= 4 is 12.2 Å². The fourth-order valence-electron chi connectivity index (χ4n) is 3.16. The Labute approximate surface area is 126 Å². The molecular formula is C15H17F2N3S. The highest BCUT2D eigenvalue weighted by Gasteiger charge is 2.25. The summed E-state index contributed by atoms with van der Waals surface area (Å²) in [6.07, 6.45) is 4.58. The van der Waals surface area contributed by atoms with Crippen LogP contribution < -0.4 is 5.73 Å². The predicted molar refractivity (Wildman–Crippen MR) is 79.8 cm³/mol. The van der Waals surface area contributed by atoms with Gasteiger partial charge in [0.2, 0.25) is 0 Å². The maximum Gasteiger partial charge on any atom is 0.177 e. The molecule has 0 saturated carbocycles. The van der Waals surface area contributed by atoms with Crippen molar-refractivity contribution in [3.8, 4) is 0 Å². The van der Waals surface area contributed by atoms with E-state index in [1.165, 1.54) is 6.07 Å². The van der Waals surface area contributed by atoms with E-state index in [4.69, 9.17) is 18.0 Å². The van der Waals surface area contributed by atoms with E-state index in [9.17, 15) is 8.78 Å². The van der Waals surface area contributed by atoms with Crippen LogP contribution in [0.3, 0.4) is 0 Å². The first kappa shape index (κ1) is 14.4. The second kappa shape index (κ2) is 5.69. The molecule has 2 aromatic rings. The van der Waals surface area contributed by atoms with Crippen molar-refractivity contribution in [2.75, 3.05) is 6.54 Å². The molecule has 0 fully saturated rings. The van der Waals surface area contributed by atoms with Gasteiger partial charge in [-0.1, -0.05) is 0 Å². The minimum Gasteiger partial charge on any atom is -0.337 e. The van der Waals surface area contributed by atoms with Gasteiger partial charge in [0.1, 0.15) is 11.6 Å². The number of imidazole rings is 1. The monoisotopic (exact) mass is 309 g/mol. The molecule has 0 bridgehead atoms. The van der Waals surface area contributed by atoms with Crippen LogP contribution in [-0.4, -0.2) is 16.1 Å². The number of nitrogens with one attached hydrogen (secondary N) is 1. The van der Waals surface area contributed by atoms with E-state index in [-0.39, 0.29) is 6.04 Å². The van der Waals surface area contributed by atoms with Gasteiger partial charge < -0.3 is 15.3 Å². The van der Waals surface area contributed by atoms with Crippen molar-refractivity contribution in [1.29, 1.82) is 0 Å². The van der Waals surface area contributed by atoms with E-state index in [2.05, 4.69) is 4.98 Å². The molecule has 3 rings (SSSR count). The number of halogens is 2. The molecule has 6 heteroatoms. The molecule has 1 atom stereocenters. The summed E-state index contributed by atoms with van der Waals surface area (Å²) < 4.78 is 29.9. The lowest BCUT2D eigenvalue weighted by molar-refractivity contribution is 0.416. The van der Waals surface area contributed by atoms with Crippen LogP contribution in [0.2, 0.25) is 0 Å². The molecule has 1 aliphatic rings. The highest BCUT2D eigenvalue weighted by molar-refractivity contribution is 7.71. The van der Waals surface area contributed by atoms with Crippen LogP contribution in [0, 0.1) is 16.4 Å². The summed E-state index contributed by atoms with van der Waals surface area (Å²) in [5.74, 6) is -0.963. The molecule has 0 radical (unpaired) electrons. The van der Waals surface area contributed by atoms with E-state index in [1.54, 1.807) is 0 Å². The summed E-state index contributed by atoms with van der Waals surface area (Å²) in [5, 5.41) is 0. The number of aromatic nitrogens is 2. The molecule has 0 aliphatic heterocycles. The number of nitrogens with zero attached hydrogens (tertiary/aromatic N) is 1. The van der Waals surface area contributed by atoms with Crippen LogP contribution in [0.15, 0.2) is 18.3 Å². The molecule has 3 N–H and O–H groups in total. The number of nitrogens with two attached hydrogens (primary N) is 1. The van der Waals surface area contributed by atoms with Crippen LogP contribution in [-0.2, 0) is 19.3 Å². The third-order valence-electron chi connectivity index (χ3n) is 4.09. The Kier molecular flexibility index (Phi) is 3.91. The van der Waals surface area contributed by atoms with Crippen LogP contribution in [0.25, 0.3) is 0 Å². The van der Waals surface area contributed by atoms with Crippen molar-refractivity contribution in [2.45, 2.75) is 31.7 Å². The van der Waals surface area contributed by atoms with E-state index in [0.29, 0.717) is 29.7 Å². The summed E-state index contributed by atoms with van der Waals surface area (Å²) in [6, 6.07) is 2.52. The second-order valence-corrected chi connectivity index (χ2v) is 5.80. The largest absolute Gasteiger partial charge is 0.337 e. The van der Waals surface area contributed by atoms with Crippen molar-refractivity contribution in [3.05, 3.63) is 51.6 Å². The number of rotatable bonds is 3. The summed E-state index contributed by atoms with van der Waals surface area (Å²) in [4.78, 5) is 3.04. The van der Waals surface area contributed by atoms with Crippen molar-refractivity contribution in [2.24, 2.45) is 5.73 Å². The molecule has 1 heterocycles. The molecule has 3 nitrogen and oxygen atoms in total. The van der Waals surface area contributed by atoms with Crippen LogP contribution >= 0.6 is 12.2 Å². The first-order valence-corrected chi connectivity index (χ1v) is 7.46. The van der Waals surface area contributed by atoms with E-state index in [1.807, 2.05) is 10.8 Å². The third-order valence-corrected chi connectivity index (χ3v) is 4.41. The third kappa shape index (κ3) is 2.65. The maximum atomic E-state index is 13.8. The normalized spacial score (nSPS) is 17.8. The highest BCUT2D eigenvalue weighted by Crippen LogP contribution is 2.32. The van der Waals surface area contributed by atoms with Gasteiger partial charge in [0.25, 0.3) is 0 Å². The van der Waals surface area contributed by atoms with Gasteiger partial charge in [-0.2, -0.15) is 0 Å². The molecule has 0 unspecified atom stereocenters. The number of benzene rings is 1. The van der Waals surface area contributed by atoms with Gasteiger partial charge in [0.05, 0.1) is 0 Å². The van der Waals surface area contributed by atoms with Gasteiger partial charge in [-0.25, -0.2) is 8.78 Å². The predicted octanol–water partition coefficient (Wildman–Crippen LogP) is 3.06. The molecule has 0 amide bonds. The lowest BCUT2D eigenvalue weighted by Gasteiger charge is -2.27. The molecule has 1 aromatic carbocycles. The second-order valence-electron chi connectivity index (χ2n) is 5.42. The molecule has 0 saturated heterocycles. The van der Waals surface area contributed by atoms with E-state index >= 15 is 0 Å². The molecular weight excluding hydrogens is 292 g/mol. The minimum atomic E-state index is -0.522. The molecule has 21 heavy (non-hydrogen) atoms. The van der Waals surface area contributed by atoms with Gasteiger partial charge >= 0.3 is 0 Å². The first-order valence-electron chi connectivity index (χ1n) is 7.05. The summed E-state index contributed by atoms with van der Waals surface area (Å²) >= 11 is 5.34. The first-order chi connectivity index (χ1) is 10.1.